The van der Waals surface area contributed by atoms with E-state index >= 15 is 0 Å². The van der Waals surface area contributed by atoms with Crippen molar-refractivity contribution in [2.24, 2.45) is 13.0 Å². The molecular formula is C19H22ClN5O2. The molecule has 1 aliphatic heterocycles. The van der Waals surface area contributed by atoms with Gasteiger partial charge in [-0.3, -0.25) is 4.90 Å². The van der Waals surface area contributed by atoms with Crippen molar-refractivity contribution in [3.8, 4) is 11.4 Å². The Morgan fingerprint density at radius 3 is 2.67 bits per heavy atom. The number of nitrogens with zero attached hydrogens (tertiary/aromatic N) is 5. The van der Waals surface area contributed by atoms with Gasteiger partial charge < -0.3 is 14.2 Å². The molecule has 0 bridgehead atoms. The van der Waals surface area contributed by atoms with Crippen LogP contribution in [0.4, 0.5) is 0 Å². The number of rotatable bonds is 5. The maximum Gasteiger partial charge on any atom is 0.241 e. The first kappa shape index (κ1) is 18.2. The largest absolute Gasteiger partial charge is 0.385 e. The summed E-state index contributed by atoms with van der Waals surface area (Å²) in [4.78, 5) is 11.0. The molecule has 0 spiro atoms. The standard InChI is InChI=1S/C19H22ClN5O2/c1-24-11-8-21-19(24)17(26)13-6-9-25(10-7-13)12-16-22-18(23-27-16)14-2-4-15(20)5-3-14/h2-5,8,11,13,17,26H,6-7,9-10,12H2,1H3. The van der Waals surface area contributed by atoms with E-state index in [0.29, 0.717) is 23.3 Å². The molecule has 0 amide bonds. The highest BCUT2D eigenvalue weighted by Gasteiger charge is 2.29. The Kier molecular flexibility index (Phi) is 5.24. The smallest absolute Gasteiger partial charge is 0.241 e. The predicted molar refractivity (Wildman–Crippen MR) is 101 cm³/mol. The van der Waals surface area contributed by atoms with E-state index in [1.807, 2.05) is 42.1 Å². The van der Waals surface area contributed by atoms with Crippen molar-refractivity contribution in [2.45, 2.75) is 25.5 Å². The maximum absolute atomic E-state index is 10.6. The van der Waals surface area contributed by atoms with E-state index in [4.69, 9.17) is 16.1 Å². The van der Waals surface area contributed by atoms with Crippen molar-refractivity contribution in [3.05, 3.63) is 53.4 Å². The number of halogens is 1. The van der Waals surface area contributed by atoms with Gasteiger partial charge in [0.05, 0.1) is 6.54 Å². The molecule has 1 unspecified atom stereocenters. The van der Waals surface area contributed by atoms with Crippen molar-refractivity contribution < 1.29 is 9.63 Å². The maximum atomic E-state index is 10.6. The average molecular weight is 388 g/mol. The Bertz CT molecular complexity index is 884. The number of aliphatic hydroxyl groups is 1. The molecule has 3 heterocycles. The molecule has 1 atom stereocenters. The second-order valence-electron chi connectivity index (χ2n) is 6.97. The fraction of sp³-hybridized carbons (Fsp3) is 0.421. The van der Waals surface area contributed by atoms with Gasteiger partial charge in [-0.2, -0.15) is 4.98 Å². The van der Waals surface area contributed by atoms with Crippen molar-refractivity contribution >= 4 is 11.6 Å². The van der Waals surface area contributed by atoms with Crippen LogP contribution in [0.1, 0.15) is 30.7 Å². The summed E-state index contributed by atoms with van der Waals surface area (Å²) in [5.74, 6) is 2.12. The monoisotopic (exact) mass is 387 g/mol. The van der Waals surface area contributed by atoms with Crippen LogP contribution in [-0.2, 0) is 13.6 Å². The number of likely N-dealkylation sites (tertiary alicyclic amines) is 1. The molecular weight excluding hydrogens is 366 g/mol. The molecule has 0 aliphatic carbocycles. The summed E-state index contributed by atoms with van der Waals surface area (Å²) in [7, 11) is 1.91. The van der Waals surface area contributed by atoms with Gasteiger partial charge in [0.15, 0.2) is 0 Å². The first-order valence-electron chi connectivity index (χ1n) is 9.06. The molecule has 2 aromatic heterocycles. The SMILES string of the molecule is Cn1ccnc1C(O)C1CCN(Cc2nc(-c3ccc(Cl)cc3)no2)CC1. The summed E-state index contributed by atoms with van der Waals surface area (Å²) in [5, 5.41) is 15.3. The van der Waals surface area contributed by atoms with E-state index < -0.39 is 6.10 Å². The number of aryl methyl sites for hydroxylation is 1. The Balaban J connectivity index is 1.33. The molecule has 8 heteroatoms. The Hall–Kier alpha value is -2.22. The van der Waals surface area contributed by atoms with Gasteiger partial charge in [-0.1, -0.05) is 16.8 Å². The highest BCUT2D eigenvalue weighted by Crippen LogP contribution is 2.30. The molecule has 1 N–H and O–H groups in total. The summed E-state index contributed by atoms with van der Waals surface area (Å²) in [6.07, 6.45) is 4.88. The van der Waals surface area contributed by atoms with Crippen LogP contribution in [0.3, 0.4) is 0 Å². The van der Waals surface area contributed by atoms with Gasteiger partial charge in [-0.25, -0.2) is 4.98 Å². The molecule has 142 valence electrons. The summed E-state index contributed by atoms with van der Waals surface area (Å²) in [6, 6.07) is 7.37. The molecule has 1 aliphatic rings. The van der Waals surface area contributed by atoms with Gasteiger partial charge in [0.1, 0.15) is 11.9 Å². The van der Waals surface area contributed by atoms with Crippen LogP contribution in [-0.4, -0.2) is 42.8 Å². The topological polar surface area (TPSA) is 80.2 Å². The molecule has 3 aromatic rings. The Labute approximate surface area is 162 Å². The first-order chi connectivity index (χ1) is 13.1. The highest BCUT2D eigenvalue weighted by molar-refractivity contribution is 6.30. The number of hydrogen-bond donors (Lipinski definition) is 1. The number of benzene rings is 1. The molecule has 7 nitrogen and oxygen atoms in total. The van der Waals surface area contributed by atoms with Crippen LogP contribution < -0.4 is 0 Å². The predicted octanol–water partition coefficient (Wildman–Crippen LogP) is 3.07. The zero-order valence-corrected chi connectivity index (χ0v) is 15.9. The zero-order chi connectivity index (χ0) is 18.8. The summed E-state index contributed by atoms with van der Waals surface area (Å²) < 4.78 is 7.29. The molecule has 1 fully saturated rings. The van der Waals surface area contributed by atoms with Crippen LogP contribution in [0.5, 0.6) is 0 Å². The third-order valence-electron chi connectivity index (χ3n) is 5.13. The van der Waals surface area contributed by atoms with Gasteiger partial charge in [0, 0.05) is 30.0 Å². The van der Waals surface area contributed by atoms with Gasteiger partial charge in [-0.05, 0) is 56.1 Å². The van der Waals surface area contributed by atoms with E-state index in [9.17, 15) is 5.11 Å². The number of piperidine rings is 1. The second-order valence-corrected chi connectivity index (χ2v) is 7.41. The van der Waals surface area contributed by atoms with Gasteiger partial charge in [0.2, 0.25) is 11.7 Å². The van der Waals surface area contributed by atoms with E-state index in [1.54, 1.807) is 6.20 Å². The van der Waals surface area contributed by atoms with Gasteiger partial charge >= 0.3 is 0 Å². The van der Waals surface area contributed by atoms with Crippen molar-refractivity contribution in [3.63, 3.8) is 0 Å². The van der Waals surface area contributed by atoms with Crippen molar-refractivity contribution in [1.82, 2.24) is 24.6 Å². The minimum atomic E-state index is -0.521. The summed E-state index contributed by atoms with van der Waals surface area (Å²) in [6.45, 7) is 2.38. The molecule has 0 radical (unpaired) electrons. The van der Waals surface area contributed by atoms with Crippen LogP contribution in [0.25, 0.3) is 11.4 Å². The van der Waals surface area contributed by atoms with Crippen LogP contribution in [0, 0.1) is 5.92 Å². The van der Waals surface area contributed by atoms with E-state index in [1.165, 1.54) is 0 Å². The fourth-order valence-corrected chi connectivity index (χ4v) is 3.65. The second kappa shape index (κ2) is 7.80. The number of imidazole rings is 1. The summed E-state index contributed by atoms with van der Waals surface area (Å²) in [5.41, 5.74) is 0.881. The first-order valence-corrected chi connectivity index (χ1v) is 9.44. The Morgan fingerprint density at radius 2 is 2.00 bits per heavy atom. The molecule has 1 saturated heterocycles. The number of aromatic nitrogens is 4. The van der Waals surface area contributed by atoms with Crippen LogP contribution >= 0.6 is 11.6 Å². The molecule has 1 aromatic carbocycles. The van der Waals surface area contributed by atoms with Crippen molar-refractivity contribution in [1.29, 1.82) is 0 Å². The lowest BCUT2D eigenvalue weighted by Crippen LogP contribution is -2.35. The lowest BCUT2D eigenvalue weighted by atomic mass is 9.91. The molecule has 27 heavy (non-hydrogen) atoms. The zero-order valence-electron chi connectivity index (χ0n) is 15.1. The van der Waals surface area contributed by atoms with Gasteiger partial charge in [0.25, 0.3) is 0 Å². The molecule has 0 saturated carbocycles. The number of aliphatic hydroxyl groups excluding tert-OH is 1. The third-order valence-corrected chi connectivity index (χ3v) is 5.38. The van der Waals surface area contributed by atoms with Crippen LogP contribution in [0.15, 0.2) is 41.2 Å². The van der Waals surface area contributed by atoms with E-state index in [0.717, 1.165) is 37.3 Å². The lowest BCUT2D eigenvalue weighted by Gasteiger charge is -2.33. The van der Waals surface area contributed by atoms with E-state index in [2.05, 4.69) is 20.0 Å². The fourth-order valence-electron chi connectivity index (χ4n) is 3.53. The van der Waals surface area contributed by atoms with Crippen molar-refractivity contribution in [2.75, 3.05) is 13.1 Å². The minimum Gasteiger partial charge on any atom is -0.385 e. The van der Waals surface area contributed by atoms with E-state index in [-0.39, 0.29) is 5.92 Å². The Morgan fingerprint density at radius 1 is 1.26 bits per heavy atom. The third kappa shape index (κ3) is 4.05. The van der Waals surface area contributed by atoms with Gasteiger partial charge in [-0.15, -0.1) is 0 Å². The van der Waals surface area contributed by atoms with Crippen LogP contribution in [0.2, 0.25) is 5.02 Å². The number of hydrogen-bond acceptors (Lipinski definition) is 6. The minimum absolute atomic E-state index is 0.217. The lowest BCUT2D eigenvalue weighted by molar-refractivity contribution is 0.0466. The molecule has 4 rings (SSSR count). The summed E-state index contributed by atoms with van der Waals surface area (Å²) >= 11 is 5.91. The average Bonchev–Trinajstić information content (AvgIpc) is 3.31. The highest BCUT2D eigenvalue weighted by atomic mass is 35.5. The normalized spacial score (nSPS) is 17.3. The quantitative estimate of drug-likeness (QED) is 0.724.